The van der Waals surface area contributed by atoms with E-state index in [0.29, 0.717) is 16.7 Å². The molecule has 3 aromatic rings. The van der Waals surface area contributed by atoms with E-state index in [-0.39, 0.29) is 35.6 Å². The van der Waals surface area contributed by atoms with Crippen LogP contribution in [0.15, 0.2) is 60.7 Å². The molecule has 1 aliphatic carbocycles. The van der Waals surface area contributed by atoms with Gasteiger partial charge in [-0.25, -0.2) is 4.98 Å². The van der Waals surface area contributed by atoms with Gasteiger partial charge in [0.25, 0.3) is 5.91 Å². The normalized spacial score (nSPS) is 13.0. The molecule has 1 fully saturated rings. The summed E-state index contributed by atoms with van der Waals surface area (Å²) in [5.74, 6) is -0.803. The van der Waals surface area contributed by atoms with Crippen LogP contribution in [0.4, 0.5) is 19.0 Å². The van der Waals surface area contributed by atoms with Crippen molar-refractivity contribution in [3.63, 3.8) is 0 Å². The fourth-order valence-corrected chi connectivity index (χ4v) is 3.51. The Morgan fingerprint density at radius 2 is 1.75 bits per heavy atom. The molecule has 1 heterocycles. The van der Waals surface area contributed by atoms with Crippen molar-refractivity contribution in [1.29, 1.82) is 5.26 Å². The number of carbonyl (C=O) groups excluding carboxylic acids is 2. The number of nitrogens with one attached hydrogen (secondary N) is 1. The quantitative estimate of drug-likeness (QED) is 0.508. The largest absolute Gasteiger partial charge is 0.573 e. The third-order valence-electron chi connectivity index (χ3n) is 5.60. The number of anilines is 1. The summed E-state index contributed by atoms with van der Waals surface area (Å²) in [6, 6.07) is 17.1. The van der Waals surface area contributed by atoms with Gasteiger partial charge in [-0.1, -0.05) is 24.3 Å². The van der Waals surface area contributed by atoms with Gasteiger partial charge in [-0.15, -0.1) is 13.2 Å². The highest BCUT2D eigenvalue weighted by atomic mass is 19.4. The lowest BCUT2D eigenvalue weighted by Gasteiger charge is -2.18. The van der Waals surface area contributed by atoms with Gasteiger partial charge in [-0.3, -0.25) is 14.5 Å². The first kappa shape index (κ1) is 24.7. The van der Waals surface area contributed by atoms with Crippen molar-refractivity contribution in [2.75, 3.05) is 11.9 Å². The van der Waals surface area contributed by atoms with E-state index < -0.39 is 12.3 Å². The predicted molar refractivity (Wildman–Crippen MR) is 125 cm³/mol. The Labute approximate surface area is 205 Å². The van der Waals surface area contributed by atoms with Crippen molar-refractivity contribution in [3.8, 4) is 22.9 Å². The molecular weight excluding hydrogens is 473 g/mol. The van der Waals surface area contributed by atoms with Gasteiger partial charge in [0.05, 0.1) is 11.6 Å². The molecule has 1 N–H and O–H groups in total. The molecule has 0 saturated heterocycles. The first-order valence-corrected chi connectivity index (χ1v) is 11.1. The van der Waals surface area contributed by atoms with Crippen molar-refractivity contribution in [2.45, 2.75) is 25.7 Å². The second-order valence-electron chi connectivity index (χ2n) is 8.33. The Bertz CT molecular complexity index is 1310. The first-order valence-electron chi connectivity index (χ1n) is 11.1. The second-order valence-corrected chi connectivity index (χ2v) is 8.33. The summed E-state index contributed by atoms with van der Waals surface area (Å²) in [6.45, 7) is 0.187. The minimum Gasteiger partial charge on any atom is -0.406 e. The highest BCUT2D eigenvalue weighted by molar-refractivity contribution is 5.98. The molecule has 4 rings (SSSR count). The third kappa shape index (κ3) is 6.18. The van der Waals surface area contributed by atoms with Crippen molar-refractivity contribution >= 4 is 17.6 Å². The van der Waals surface area contributed by atoms with E-state index in [0.717, 1.165) is 18.4 Å². The third-order valence-corrected chi connectivity index (χ3v) is 5.60. The number of hydrogen-bond acceptors (Lipinski definition) is 5. The number of hydrogen-bond donors (Lipinski definition) is 1. The highest BCUT2D eigenvalue weighted by Gasteiger charge is 2.33. The Balaban J connectivity index is 1.60. The number of alkyl halides is 3. The van der Waals surface area contributed by atoms with E-state index in [4.69, 9.17) is 5.26 Å². The molecule has 10 heteroatoms. The van der Waals surface area contributed by atoms with Crippen molar-refractivity contribution in [3.05, 3.63) is 77.5 Å². The summed E-state index contributed by atoms with van der Waals surface area (Å²) >= 11 is 0. The molecule has 0 atom stereocenters. The van der Waals surface area contributed by atoms with Crippen molar-refractivity contribution in [1.82, 2.24) is 10.3 Å². The Kier molecular flexibility index (Phi) is 6.92. The minimum atomic E-state index is -4.81. The molecule has 2 amide bonds. The standard InChI is InChI=1S/C26H21F3N4O3/c1-33(25(35)19-6-7-19)23-13-20(18-8-10-21(11-9-18)36-26(27,28)29)12-22(32-23)24(34)31-15-17-4-2-16(14-30)3-5-17/h2-5,8-13,19H,6-7,15H2,1H3,(H,31,34). The molecule has 2 aromatic carbocycles. The van der Waals surface area contributed by atoms with Gasteiger partial charge >= 0.3 is 6.36 Å². The molecule has 184 valence electrons. The number of halogens is 3. The first-order chi connectivity index (χ1) is 17.1. The lowest BCUT2D eigenvalue weighted by molar-refractivity contribution is -0.274. The molecule has 0 spiro atoms. The Hall–Kier alpha value is -4.39. The topological polar surface area (TPSA) is 95.3 Å². The SMILES string of the molecule is CN(C(=O)C1CC1)c1cc(-c2ccc(OC(F)(F)F)cc2)cc(C(=O)NCc2ccc(C#N)cc2)n1. The highest BCUT2D eigenvalue weighted by Crippen LogP contribution is 2.33. The van der Waals surface area contributed by atoms with Gasteiger partial charge in [0, 0.05) is 19.5 Å². The molecule has 36 heavy (non-hydrogen) atoms. The summed E-state index contributed by atoms with van der Waals surface area (Å²) in [6.07, 6.45) is -3.22. The lowest BCUT2D eigenvalue weighted by atomic mass is 10.0. The van der Waals surface area contributed by atoms with E-state index in [1.54, 1.807) is 37.4 Å². The number of nitriles is 1. The van der Waals surface area contributed by atoms with Crippen LogP contribution in [0.1, 0.15) is 34.5 Å². The smallest absolute Gasteiger partial charge is 0.406 e. The number of carbonyl (C=O) groups is 2. The van der Waals surface area contributed by atoms with Crippen molar-refractivity contribution < 1.29 is 27.5 Å². The summed E-state index contributed by atoms with van der Waals surface area (Å²) < 4.78 is 41.4. The summed E-state index contributed by atoms with van der Waals surface area (Å²) in [5, 5.41) is 11.7. The molecule has 0 radical (unpaired) electrons. The van der Waals surface area contributed by atoms with Crippen LogP contribution >= 0.6 is 0 Å². The van der Waals surface area contributed by atoms with Gasteiger partial charge < -0.3 is 10.1 Å². The van der Waals surface area contributed by atoms with Gasteiger partial charge in [0.15, 0.2) is 0 Å². The maximum atomic E-state index is 13.0. The maximum absolute atomic E-state index is 13.0. The van der Waals surface area contributed by atoms with E-state index in [1.807, 2.05) is 6.07 Å². The Morgan fingerprint density at radius 3 is 2.33 bits per heavy atom. The summed E-state index contributed by atoms with van der Waals surface area (Å²) in [7, 11) is 1.57. The second kappa shape index (κ2) is 10.1. The van der Waals surface area contributed by atoms with Gasteiger partial charge in [0.2, 0.25) is 5.91 Å². The minimum absolute atomic E-state index is 0.0437. The predicted octanol–water partition coefficient (Wildman–Crippen LogP) is 4.82. The fraction of sp³-hybridized carbons (Fsp3) is 0.231. The molecule has 1 saturated carbocycles. The molecule has 0 bridgehead atoms. The number of amides is 2. The zero-order chi connectivity index (χ0) is 25.9. The molecule has 1 aliphatic rings. The van der Waals surface area contributed by atoms with E-state index in [9.17, 15) is 22.8 Å². The summed E-state index contributed by atoms with van der Waals surface area (Å²) in [4.78, 5) is 31.3. The maximum Gasteiger partial charge on any atom is 0.573 e. The van der Waals surface area contributed by atoms with Crippen molar-refractivity contribution in [2.24, 2.45) is 5.92 Å². The van der Waals surface area contributed by atoms with Gasteiger partial charge in [0.1, 0.15) is 17.3 Å². The number of nitrogens with zero attached hydrogens (tertiary/aromatic N) is 3. The zero-order valence-corrected chi connectivity index (χ0v) is 19.2. The van der Waals surface area contributed by atoms with Gasteiger partial charge in [-0.05, 0) is 65.9 Å². The van der Waals surface area contributed by atoms with Crippen LogP contribution in [-0.4, -0.2) is 30.2 Å². The van der Waals surface area contributed by atoms with Crippen LogP contribution in [0.2, 0.25) is 0 Å². The van der Waals surface area contributed by atoms with E-state index >= 15 is 0 Å². The van der Waals surface area contributed by atoms with E-state index in [2.05, 4.69) is 15.0 Å². The van der Waals surface area contributed by atoms with Crippen LogP contribution in [-0.2, 0) is 11.3 Å². The lowest BCUT2D eigenvalue weighted by Crippen LogP contribution is -2.30. The Morgan fingerprint density at radius 1 is 1.08 bits per heavy atom. The number of ether oxygens (including phenoxy) is 1. The zero-order valence-electron chi connectivity index (χ0n) is 19.2. The average Bonchev–Trinajstić information content (AvgIpc) is 3.71. The molecular formula is C26H21F3N4O3. The summed E-state index contributed by atoms with van der Waals surface area (Å²) in [5.41, 5.74) is 2.33. The van der Waals surface area contributed by atoms with Crippen LogP contribution in [0.3, 0.4) is 0 Å². The molecule has 7 nitrogen and oxygen atoms in total. The monoisotopic (exact) mass is 494 g/mol. The molecule has 0 aliphatic heterocycles. The van der Waals surface area contributed by atoms with Gasteiger partial charge in [-0.2, -0.15) is 5.26 Å². The fourth-order valence-electron chi connectivity index (χ4n) is 3.51. The van der Waals surface area contributed by atoms with Crippen LogP contribution in [0.5, 0.6) is 5.75 Å². The average molecular weight is 494 g/mol. The van der Waals surface area contributed by atoms with Crippen LogP contribution in [0, 0.1) is 17.2 Å². The number of rotatable bonds is 7. The van der Waals surface area contributed by atoms with Crippen LogP contribution in [0.25, 0.3) is 11.1 Å². The number of pyridine rings is 1. The molecule has 1 aromatic heterocycles. The number of aromatic nitrogens is 1. The molecule has 0 unspecified atom stereocenters. The van der Waals surface area contributed by atoms with Crippen LogP contribution < -0.4 is 15.0 Å². The van der Waals surface area contributed by atoms with E-state index in [1.165, 1.54) is 35.2 Å². The number of benzene rings is 2.